The first kappa shape index (κ1) is 47.6. The number of halogens is 1. The molecule has 0 saturated heterocycles. The number of Topliss-reactive ketones (excluding diaryl/α,β-unsaturated/α-hetero) is 2. The van der Waals surface area contributed by atoms with Crippen molar-refractivity contribution in [3.05, 3.63) is 0 Å². The van der Waals surface area contributed by atoms with E-state index in [0.29, 0.717) is 12.8 Å². The Hall–Kier alpha value is -0.490. The third kappa shape index (κ3) is 34.8. The zero-order chi connectivity index (χ0) is 33.1. The molecule has 2 atom stereocenters. The Morgan fingerprint density at radius 2 is 0.587 bits per heavy atom. The Bertz CT molecular complexity index is 580. The molecule has 0 bridgehead atoms. The van der Waals surface area contributed by atoms with Gasteiger partial charge in [0.05, 0.1) is 0 Å². The van der Waals surface area contributed by atoms with Crippen LogP contribution in [0.2, 0.25) is 0 Å². The minimum Gasteiger partial charge on any atom is -0.384 e. The number of carbonyl (C=O) groups is 2. The fourth-order valence-electron chi connectivity index (χ4n) is 6.26. The number of aliphatic hydroxyl groups excluding tert-OH is 2. The van der Waals surface area contributed by atoms with Crippen LogP contribution in [0.5, 0.6) is 0 Å². The Morgan fingerprint density at radius 1 is 0.391 bits per heavy atom. The van der Waals surface area contributed by atoms with Gasteiger partial charge in [-0.15, -0.1) is 12.4 Å². The zero-order valence-electron chi connectivity index (χ0n) is 30.8. The Morgan fingerprint density at radius 3 is 0.804 bits per heavy atom. The molecule has 0 aromatic rings. The fourth-order valence-corrected chi connectivity index (χ4v) is 6.26. The largest absolute Gasteiger partial charge is 0.384 e. The van der Waals surface area contributed by atoms with Gasteiger partial charge in [0.1, 0.15) is 12.2 Å². The smallest absolute Gasteiger partial charge is 0.162 e. The molecule has 2 unspecified atom stereocenters. The summed E-state index contributed by atoms with van der Waals surface area (Å²) >= 11 is 0. The highest BCUT2D eigenvalue weighted by molar-refractivity contribution is 5.85. The lowest BCUT2D eigenvalue weighted by molar-refractivity contribution is -0.127. The van der Waals surface area contributed by atoms with Crippen molar-refractivity contribution in [3.8, 4) is 0 Å². The summed E-state index contributed by atoms with van der Waals surface area (Å²) in [4.78, 5) is 24.5. The van der Waals surface area contributed by atoms with Crippen molar-refractivity contribution in [2.75, 3.05) is 13.1 Å². The number of ketones is 2. The summed E-state index contributed by atoms with van der Waals surface area (Å²) in [5.74, 6) is -0.286. The number of rotatable bonds is 38. The summed E-state index contributed by atoms with van der Waals surface area (Å²) in [5.41, 5.74) is 0. The molecule has 0 radical (unpaired) electrons. The minimum atomic E-state index is -1.06. The van der Waals surface area contributed by atoms with E-state index in [0.717, 1.165) is 38.5 Å². The molecule has 0 aromatic heterocycles. The van der Waals surface area contributed by atoms with Gasteiger partial charge >= 0.3 is 0 Å². The van der Waals surface area contributed by atoms with Crippen molar-refractivity contribution in [3.63, 3.8) is 0 Å². The van der Waals surface area contributed by atoms with Crippen LogP contribution in [0.3, 0.4) is 0 Å². The molecule has 46 heavy (non-hydrogen) atoms. The van der Waals surface area contributed by atoms with Gasteiger partial charge in [-0.25, -0.2) is 0 Å². The zero-order valence-corrected chi connectivity index (χ0v) is 31.6. The standard InChI is InChI=1S/C40H79NO4.ClH/c1-3-5-7-9-11-13-15-17-19-21-23-25-27-29-31-33-37(42)39(44)35-41-36-40(45)38(43)34-32-30-28-26-24-22-20-18-16-14-12-10-8-6-4-2;/h39-41,44-45H,3-36H2,1-2H3;1H. The van der Waals surface area contributed by atoms with Crippen molar-refractivity contribution in [1.82, 2.24) is 5.32 Å². The van der Waals surface area contributed by atoms with Gasteiger partial charge in [-0.1, -0.05) is 194 Å². The molecule has 0 aromatic carbocycles. The number of hydrogen-bond acceptors (Lipinski definition) is 5. The first-order valence-corrected chi connectivity index (χ1v) is 20.1. The highest BCUT2D eigenvalue weighted by Crippen LogP contribution is 2.15. The molecule has 0 aliphatic heterocycles. The topological polar surface area (TPSA) is 86.6 Å². The van der Waals surface area contributed by atoms with Crippen molar-refractivity contribution in [1.29, 1.82) is 0 Å². The van der Waals surface area contributed by atoms with Crippen LogP contribution in [0.1, 0.15) is 219 Å². The van der Waals surface area contributed by atoms with E-state index in [-0.39, 0.29) is 37.1 Å². The van der Waals surface area contributed by atoms with E-state index in [9.17, 15) is 19.8 Å². The number of carbonyl (C=O) groups excluding carboxylic acids is 2. The fraction of sp³-hybridized carbons (Fsp3) is 0.950. The second kappa shape index (κ2) is 39.0. The van der Waals surface area contributed by atoms with Crippen LogP contribution in [-0.4, -0.2) is 47.1 Å². The molecule has 5 nitrogen and oxygen atoms in total. The van der Waals surface area contributed by atoms with Crippen LogP contribution in [0.4, 0.5) is 0 Å². The summed E-state index contributed by atoms with van der Waals surface area (Å²) in [6, 6.07) is 0. The Balaban J connectivity index is 0. The van der Waals surface area contributed by atoms with Gasteiger partial charge in [0, 0.05) is 25.9 Å². The molecule has 0 spiro atoms. The van der Waals surface area contributed by atoms with Gasteiger partial charge in [0.2, 0.25) is 0 Å². The summed E-state index contributed by atoms with van der Waals surface area (Å²) in [6.45, 7) is 4.73. The second-order valence-corrected chi connectivity index (χ2v) is 14.0. The van der Waals surface area contributed by atoms with Crippen LogP contribution in [0.25, 0.3) is 0 Å². The summed E-state index contributed by atoms with van der Waals surface area (Å²) in [5, 5.41) is 23.2. The molecule has 0 aliphatic rings. The van der Waals surface area contributed by atoms with E-state index in [1.807, 2.05) is 0 Å². The number of hydrogen-bond donors (Lipinski definition) is 3. The molecule has 0 rings (SSSR count). The van der Waals surface area contributed by atoms with E-state index in [1.54, 1.807) is 0 Å². The molecular formula is C40H80ClNO4. The number of unbranched alkanes of at least 4 members (excludes halogenated alkanes) is 28. The van der Waals surface area contributed by atoms with Crippen molar-refractivity contribution < 1.29 is 19.8 Å². The predicted octanol–water partition coefficient (Wildman–Crippen LogP) is 11.4. The maximum Gasteiger partial charge on any atom is 0.162 e. The highest BCUT2D eigenvalue weighted by Gasteiger charge is 2.17. The van der Waals surface area contributed by atoms with Gasteiger partial charge in [0.15, 0.2) is 11.6 Å². The second-order valence-electron chi connectivity index (χ2n) is 14.0. The van der Waals surface area contributed by atoms with E-state index >= 15 is 0 Å². The number of nitrogens with one attached hydrogen (secondary N) is 1. The lowest BCUT2D eigenvalue weighted by Gasteiger charge is -2.14. The monoisotopic (exact) mass is 674 g/mol. The Labute approximate surface area is 293 Å². The summed E-state index contributed by atoms with van der Waals surface area (Å²) < 4.78 is 0. The van der Waals surface area contributed by atoms with Crippen LogP contribution in [-0.2, 0) is 9.59 Å². The molecule has 3 N–H and O–H groups in total. The van der Waals surface area contributed by atoms with E-state index < -0.39 is 12.2 Å². The molecule has 0 saturated carbocycles. The summed E-state index contributed by atoms with van der Waals surface area (Å²) in [6.07, 6.45) is 37.4. The van der Waals surface area contributed by atoms with Crippen LogP contribution < -0.4 is 5.32 Å². The van der Waals surface area contributed by atoms with E-state index in [2.05, 4.69) is 19.2 Å². The Kier molecular flexibility index (Phi) is 40.3. The maximum atomic E-state index is 12.2. The third-order valence-corrected chi connectivity index (χ3v) is 9.47. The normalized spacial score (nSPS) is 12.6. The van der Waals surface area contributed by atoms with Crippen molar-refractivity contribution >= 4 is 24.0 Å². The lowest BCUT2D eigenvalue weighted by atomic mass is 10.0. The van der Waals surface area contributed by atoms with Gasteiger partial charge < -0.3 is 15.5 Å². The summed E-state index contributed by atoms with van der Waals surface area (Å²) in [7, 11) is 0. The lowest BCUT2D eigenvalue weighted by Crippen LogP contribution is -2.39. The molecule has 0 aliphatic carbocycles. The van der Waals surface area contributed by atoms with E-state index in [4.69, 9.17) is 0 Å². The average Bonchev–Trinajstić information content (AvgIpc) is 3.04. The van der Waals surface area contributed by atoms with Crippen LogP contribution >= 0.6 is 12.4 Å². The predicted molar refractivity (Wildman–Crippen MR) is 201 cm³/mol. The highest BCUT2D eigenvalue weighted by atomic mass is 35.5. The van der Waals surface area contributed by atoms with Gasteiger partial charge in [-0.05, 0) is 12.8 Å². The molecule has 6 heteroatoms. The SMILES string of the molecule is CCCCCCCCCCCCCCCCCC(=O)C(O)CNCC(O)C(=O)CCCCCCCCCCCCCCCCC.Cl. The van der Waals surface area contributed by atoms with Crippen LogP contribution in [0.15, 0.2) is 0 Å². The van der Waals surface area contributed by atoms with Crippen LogP contribution in [0, 0.1) is 0 Å². The maximum absolute atomic E-state index is 12.2. The number of aliphatic hydroxyl groups is 2. The first-order chi connectivity index (χ1) is 22.0. The molecular weight excluding hydrogens is 594 g/mol. The van der Waals surface area contributed by atoms with Gasteiger partial charge in [-0.3, -0.25) is 9.59 Å². The third-order valence-electron chi connectivity index (χ3n) is 9.47. The van der Waals surface area contributed by atoms with Crippen molar-refractivity contribution in [2.45, 2.75) is 232 Å². The quantitative estimate of drug-likeness (QED) is 0.0568. The van der Waals surface area contributed by atoms with Crippen molar-refractivity contribution in [2.24, 2.45) is 0 Å². The minimum absolute atomic E-state index is 0. The molecule has 0 amide bonds. The average molecular weight is 675 g/mol. The van der Waals surface area contributed by atoms with Gasteiger partial charge in [0.25, 0.3) is 0 Å². The van der Waals surface area contributed by atoms with Gasteiger partial charge in [-0.2, -0.15) is 0 Å². The molecule has 276 valence electrons. The molecule has 0 heterocycles. The molecule has 0 fully saturated rings. The first-order valence-electron chi connectivity index (χ1n) is 20.1. The van der Waals surface area contributed by atoms with E-state index in [1.165, 1.54) is 154 Å².